The van der Waals surface area contributed by atoms with Crippen LogP contribution in [0, 0.1) is 0 Å². The molecule has 0 fully saturated rings. The molecule has 0 saturated carbocycles. The molecule has 15 aromatic carbocycles. The van der Waals surface area contributed by atoms with E-state index in [1.807, 2.05) is 0 Å². The second kappa shape index (κ2) is 14.6. The summed E-state index contributed by atoms with van der Waals surface area (Å²) in [5, 5.41) is 24.7. The predicted molar refractivity (Wildman–Crippen MR) is 337 cm³/mol. The number of fused-ring (bicyclic) bond motifs is 15. The van der Waals surface area contributed by atoms with Gasteiger partial charge in [-0.2, -0.15) is 0 Å². The Morgan fingerprint density at radius 3 is 1.09 bits per heavy atom. The molecule has 0 atom stereocenters. The van der Waals surface area contributed by atoms with Crippen molar-refractivity contribution in [3.63, 3.8) is 0 Å². The maximum atomic E-state index is 6.96. The zero-order chi connectivity index (χ0) is 52.7. The monoisotopic (exact) mass is 1020 g/mol. The van der Waals surface area contributed by atoms with Crippen molar-refractivity contribution in [3.05, 3.63) is 241 Å². The van der Waals surface area contributed by atoms with E-state index >= 15 is 0 Å². The molecule has 0 spiro atoms. The summed E-state index contributed by atoms with van der Waals surface area (Å²) in [6, 6.07) is 82.0. The van der Waals surface area contributed by atoms with Crippen molar-refractivity contribution in [2.24, 2.45) is 0 Å². The van der Waals surface area contributed by atoms with Gasteiger partial charge in [-0.1, -0.05) is 173 Å². The standard InChI is InChI=1S/C76H48N2O2/c1-75(2)57-15-5-7-17-61(57)77(63-39-65-55(37-59(63)75)73-53-29-25-43-13-9-11-41-19-23-47(35-67(73)79-65)71(53)69(41)43)49-27-31-51-45(33-49)21-22-46-34-50(28-32-52(46)51)78-62-18-8-6-16-58(62)76(3,4)60-38-56-66(40-64(60)78)80-68-36-48-24-20-42-12-10-14-44-26-30-54(74(56)68)72(48)70(42)44/h5-40H,1-4H3. The van der Waals surface area contributed by atoms with Crippen molar-refractivity contribution in [2.45, 2.75) is 38.5 Å². The topological polar surface area (TPSA) is 32.8 Å². The number of nitrogens with zero attached hydrogens (tertiary/aromatic N) is 2. The molecular weight excluding hydrogens is 973 g/mol. The molecule has 19 rings (SSSR count). The second-order valence-corrected chi connectivity index (χ2v) is 24.0. The highest BCUT2D eigenvalue weighted by atomic mass is 16.3. The van der Waals surface area contributed by atoms with E-state index in [1.165, 1.54) is 131 Å². The van der Waals surface area contributed by atoms with Gasteiger partial charge in [0.05, 0.1) is 22.7 Å². The van der Waals surface area contributed by atoms with Crippen molar-refractivity contribution < 1.29 is 8.83 Å². The molecule has 2 aliphatic heterocycles. The minimum absolute atomic E-state index is 0.277. The molecule has 0 saturated heterocycles. The third-order valence-electron chi connectivity index (χ3n) is 19.2. The second-order valence-electron chi connectivity index (χ2n) is 24.0. The van der Waals surface area contributed by atoms with Gasteiger partial charge in [0.1, 0.15) is 22.3 Å². The lowest BCUT2D eigenvalue weighted by molar-refractivity contribution is 0.630. The minimum atomic E-state index is -0.277. The molecule has 4 nitrogen and oxygen atoms in total. The van der Waals surface area contributed by atoms with Crippen molar-refractivity contribution in [1.29, 1.82) is 0 Å². The van der Waals surface area contributed by atoms with Crippen LogP contribution in [0.4, 0.5) is 34.1 Å². The summed E-state index contributed by atoms with van der Waals surface area (Å²) in [6.07, 6.45) is 0. The van der Waals surface area contributed by atoms with Crippen LogP contribution in [-0.2, 0) is 10.8 Å². The molecule has 80 heavy (non-hydrogen) atoms. The summed E-state index contributed by atoms with van der Waals surface area (Å²) in [6.45, 7) is 9.51. The molecular formula is C76H48N2O2. The largest absolute Gasteiger partial charge is 0.456 e. The van der Waals surface area contributed by atoms with Crippen LogP contribution in [0.2, 0.25) is 0 Å². The fraction of sp³-hybridized carbons (Fsp3) is 0.0789. The zero-order valence-corrected chi connectivity index (χ0v) is 44.5. The van der Waals surface area contributed by atoms with Crippen molar-refractivity contribution in [3.8, 4) is 0 Å². The Kier molecular flexibility index (Phi) is 7.88. The molecule has 2 aromatic heterocycles. The average Bonchev–Trinajstić information content (AvgIpc) is 4.06. The van der Waals surface area contributed by atoms with Crippen LogP contribution in [0.25, 0.3) is 130 Å². The van der Waals surface area contributed by atoms with Crippen molar-refractivity contribution in [1.82, 2.24) is 0 Å². The van der Waals surface area contributed by atoms with Crippen LogP contribution in [0.15, 0.2) is 227 Å². The van der Waals surface area contributed by atoms with Gasteiger partial charge in [0.15, 0.2) is 0 Å². The number of furan rings is 2. The molecule has 0 aliphatic carbocycles. The SMILES string of the molecule is CC1(C)c2ccccc2N(c2ccc3c(ccc4cc(N5c6ccccc6C(C)(C)c6cc7c(cc65)oc5cc6ccc8cccc9ccc(c57)c6c89)ccc43)c2)c2cc3oc4cc5ccc6cccc7ccc(c4c3cc21)c5c67. The van der Waals surface area contributed by atoms with Crippen LogP contribution in [0.1, 0.15) is 49.9 Å². The first-order valence-electron chi connectivity index (χ1n) is 28.0. The van der Waals surface area contributed by atoms with Gasteiger partial charge in [0.2, 0.25) is 0 Å². The molecule has 0 unspecified atom stereocenters. The first-order valence-corrected chi connectivity index (χ1v) is 28.0. The Morgan fingerprint density at radius 2 is 0.637 bits per heavy atom. The number of benzene rings is 15. The third-order valence-corrected chi connectivity index (χ3v) is 19.2. The minimum Gasteiger partial charge on any atom is -0.456 e. The van der Waals surface area contributed by atoms with Crippen LogP contribution >= 0.6 is 0 Å². The molecule has 0 N–H and O–H groups in total. The van der Waals surface area contributed by atoms with E-state index in [1.54, 1.807) is 0 Å². The van der Waals surface area contributed by atoms with E-state index < -0.39 is 0 Å². The third kappa shape index (κ3) is 5.36. The Labute approximate surface area is 459 Å². The zero-order valence-electron chi connectivity index (χ0n) is 44.5. The quantitative estimate of drug-likeness (QED) is 0.162. The Morgan fingerprint density at radius 1 is 0.250 bits per heavy atom. The summed E-state index contributed by atoms with van der Waals surface area (Å²) < 4.78 is 13.9. The normalized spacial score (nSPS) is 14.9. The van der Waals surface area contributed by atoms with E-state index in [9.17, 15) is 0 Å². The molecule has 2 aliphatic rings. The number of hydrogen-bond donors (Lipinski definition) is 0. The van der Waals surface area contributed by atoms with Gasteiger partial charge in [-0.3, -0.25) is 0 Å². The Balaban J connectivity index is 0.758. The summed E-state index contributed by atoms with van der Waals surface area (Å²) in [5.41, 5.74) is 15.1. The van der Waals surface area contributed by atoms with Gasteiger partial charge in [-0.15, -0.1) is 0 Å². The summed E-state index contributed by atoms with van der Waals surface area (Å²) in [4.78, 5) is 4.93. The van der Waals surface area contributed by atoms with Gasteiger partial charge in [0, 0.05) is 55.9 Å². The maximum absolute atomic E-state index is 6.96. The molecule has 374 valence electrons. The smallest absolute Gasteiger partial charge is 0.137 e. The Hall–Kier alpha value is -9.90. The highest BCUT2D eigenvalue weighted by Gasteiger charge is 2.40. The fourth-order valence-electron chi connectivity index (χ4n) is 15.4. The molecule has 4 heteroatoms. The highest BCUT2D eigenvalue weighted by molar-refractivity contribution is 6.34. The molecule has 17 aromatic rings. The van der Waals surface area contributed by atoms with Gasteiger partial charge in [0.25, 0.3) is 0 Å². The first kappa shape index (κ1) is 43.1. The maximum Gasteiger partial charge on any atom is 0.137 e. The van der Waals surface area contributed by atoms with Crippen LogP contribution < -0.4 is 9.80 Å². The average molecular weight is 1020 g/mol. The Bertz CT molecular complexity index is 5260. The van der Waals surface area contributed by atoms with Gasteiger partial charge in [-0.05, 0) is 169 Å². The number of rotatable bonds is 2. The summed E-state index contributed by atoms with van der Waals surface area (Å²) in [5.74, 6) is 0. The lowest BCUT2D eigenvalue weighted by atomic mass is 9.73. The highest BCUT2D eigenvalue weighted by Crippen LogP contribution is 2.57. The van der Waals surface area contributed by atoms with Crippen molar-refractivity contribution >= 4 is 164 Å². The van der Waals surface area contributed by atoms with Crippen LogP contribution in [0.3, 0.4) is 0 Å². The van der Waals surface area contributed by atoms with E-state index in [2.05, 4.69) is 256 Å². The summed E-state index contributed by atoms with van der Waals surface area (Å²) >= 11 is 0. The van der Waals surface area contributed by atoms with Gasteiger partial charge in [-0.25, -0.2) is 0 Å². The van der Waals surface area contributed by atoms with Crippen LogP contribution in [0.5, 0.6) is 0 Å². The van der Waals surface area contributed by atoms with Gasteiger partial charge >= 0.3 is 0 Å². The number of hydrogen-bond acceptors (Lipinski definition) is 4. The summed E-state index contributed by atoms with van der Waals surface area (Å²) in [7, 11) is 0. The predicted octanol–water partition coefficient (Wildman–Crippen LogP) is 21.8. The molecule has 0 bridgehead atoms. The van der Waals surface area contributed by atoms with Crippen LogP contribution in [-0.4, -0.2) is 0 Å². The fourth-order valence-corrected chi connectivity index (χ4v) is 15.4. The van der Waals surface area contributed by atoms with E-state index in [0.29, 0.717) is 0 Å². The van der Waals surface area contributed by atoms with Crippen molar-refractivity contribution in [2.75, 3.05) is 9.80 Å². The lowest BCUT2D eigenvalue weighted by Gasteiger charge is -2.42. The van der Waals surface area contributed by atoms with E-state index in [-0.39, 0.29) is 10.8 Å². The molecule has 0 amide bonds. The lowest BCUT2D eigenvalue weighted by Crippen LogP contribution is -2.30. The number of anilines is 6. The van der Waals surface area contributed by atoms with E-state index in [0.717, 1.165) is 55.9 Å². The number of para-hydroxylation sites is 2. The first-order chi connectivity index (χ1) is 39.1. The van der Waals surface area contributed by atoms with E-state index in [4.69, 9.17) is 8.83 Å². The van der Waals surface area contributed by atoms with Gasteiger partial charge < -0.3 is 18.6 Å². The molecule has 4 heterocycles. The molecule has 0 radical (unpaired) electrons.